The maximum atomic E-state index is 13.2. The zero-order valence-electron chi connectivity index (χ0n) is 13.2. The molecule has 0 aliphatic carbocycles. The van der Waals surface area contributed by atoms with Gasteiger partial charge < -0.3 is 9.84 Å². The summed E-state index contributed by atoms with van der Waals surface area (Å²) in [6.07, 6.45) is -14.6. The van der Waals surface area contributed by atoms with Crippen molar-refractivity contribution in [2.24, 2.45) is 0 Å². The molecule has 1 aromatic carbocycles. The lowest BCUT2D eigenvalue weighted by atomic mass is 10.2. The molecule has 0 aromatic heterocycles. The first kappa shape index (κ1) is 21.1. The van der Waals surface area contributed by atoms with Crippen molar-refractivity contribution in [3.05, 3.63) is 29.8 Å². The monoisotopic (exact) mass is 373 g/mol. The highest BCUT2D eigenvalue weighted by Crippen LogP contribution is 2.36. The van der Waals surface area contributed by atoms with Crippen molar-refractivity contribution < 1.29 is 41.0 Å². The first-order chi connectivity index (χ1) is 11.5. The van der Waals surface area contributed by atoms with E-state index in [1.807, 2.05) is 6.92 Å². The smallest absolute Gasteiger partial charge is 0.439 e. The molecule has 10 heteroatoms. The second-order valence-corrected chi connectivity index (χ2v) is 5.32. The molecule has 1 aromatic rings. The van der Waals surface area contributed by atoms with Gasteiger partial charge >= 0.3 is 18.3 Å². The Balaban J connectivity index is 2.77. The number of hydrogen-bond acceptors (Lipinski definition) is 3. The number of carboxylic acids is 1. The van der Waals surface area contributed by atoms with Crippen LogP contribution in [0.4, 0.5) is 26.3 Å². The lowest BCUT2D eigenvalue weighted by Crippen LogP contribution is -2.45. The number of alkyl halides is 6. The first-order valence-corrected chi connectivity index (χ1v) is 7.26. The van der Waals surface area contributed by atoms with Gasteiger partial charge in [0.1, 0.15) is 5.75 Å². The number of rotatable bonds is 9. The van der Waals surface area contributed by atoms with Gasteiger partial charge in [0.25, 0.3) is 6.17 Å². The van der Waals surface area contributed by atoms with Gasteiger partial charge in [-0.2, -0.15) is 22.0 Å². The zero-order chi connectivity index (χ0) is 19.3. The van der Waals surface area contributed by atoms with Gasteiger partial charge in [-0.15, -0.1) is 0 Å². The van der Waals surface area contributed by atoms with E-state index in [1.165, 1.54) is 12.1 Å². The van der Waals surface area contributed by atoms with Gasteiger partial charge in [-0.3, -0.25) is 9.69 Å². The number of nitrogens with zero attached hydrogens (tertiary/aromatic N) is 1. The predicted octanol–water partition coefficient (Wildman–Crippen LogP) is 3.86. The van der Waals surface area contributed by atoms with Crippen LogP contribution in [0.3, 0.4) is 0 Å². The molecule has 0 saturated carbocycles. The molecule has 4 nitrogen and oxygen atoms in total. The minimum atomic E-state index is -5.75. The zero-order valence-corrected chi connectivity index (χ0v) is 13.2. The first-order valence-electron chi connectivity index (χ1n) is 7.26. The Hall–Kier alpha value is -1.97. The summed E-state index contributed by atoms with van der Waals surface area (Å²) >= 11 is 0. The third-order valence-corrected chi connectivity index (χ3v) is 3.06. The van der Waals surface area contributed by atoms with Crippen LogP contribution in [0.5, 0.6) is 5.75 Å². The van der Waals surface area contributed by atoms with Crippen LogP contribution in [0.2, 0.25) is 0 Å². The molecule has 142 valence electrons. The Labute approximate surface area is 140 Å². The average Bonchev–Trinajstić information content (AvgIpc) is 2.47. The van der Waals surface area contributed by atoms with Crippen molar-refractivity contribution in [3.8, 4) is 5.75 Å². The number of hydrogen-bond donors (Lipinski definition) is 1. The Kier molecular flexibility index (Phi) is 7.09. The van der Waals surface area contributed by atoms with Gasteiger partial charge in [0.05, 0.1) is 6.54 Å². The van der Waals surface area contributed by atoms with E-state index in [-0.39, 0.29) is 13.1 Å². The molecule has 1 N–H and O–H groups in total. The summed E-state index contributed by atoms with van der Waals surface area (Å²) < 4.78 is 79.1. The minimum absolute atomic E-state index is 0.200. The summed E-state index contributed by atoms with van der Waals surface area (Å²) in [7, 11) is 0. The van der Waals surface area contributed by atoms with Gasteiger partial charge in [-0.1, -0.05) is 19.1 Å². The lowest BCUT2D eigenvalue weighted by Gasteiger charge is -2.23. The predicted molar refractivity (Wildman–Crippen MR) is 76.2 cm³/mol. The van der Waals surface area contributed by atoms with Crippen molar-refractivity contribution in [1.29, 1.82) is 0 Å². The standard InChI is InChI=1S/C15H17F6NO3/c1-2-7-22(9-12(23)24)8-10-3-5-11(6-4-10)25-15(20,21)13(16)14(17,18)19/h3-6,13H,2,7-9H2,1H3,(H,23,24). The van der Waals surface area contributed by atoms with Crippen molar-refractivity contribution >= 4 is 5.97 Å². The van der Waals surface area contributed by atoms with Crippen LogP contribution in [0.15, 0.2) is 24.3 Å². The number of aliphatic carboxylic acids is 1. The van der Waals surface area contributed by atoms with Crippen LogP contribution >= 0.6 is 0 Å². The second kappa shape index (κ2) is 8.41. The number of carboxylic acid groups (broad SMARTS) is 1. The largest absolute Gasteiger partial charge is 0.480 e. The number of benzene rings is 1. The molecule has 0 amide bonds. The number of halogens is 6. The average molecular weight is 373 g/mol. The van der Waals surface area contributed by atoms with Gasteiger partial charge in [-0.25, -0.2) is 4.39 Å². The maximum Gasteiger partial charge on any atom is 0.439 e. The third-order valence-electron chi connectivity index (χ3n) is 3.06. The third kappa shape index (κ3) is 6.81. The van der Waals surface area contributed by atoms with Crippen molar-refractivity contribution in [1.82, 2.24) is 4.90 Å². The molecule has 0 bridgehead atoms. The topological polar surface area (TPSA) is 49.8 Å². The van der Waals surface area contributed by atoms with Crippen LogP contribution in [-0.2, 0) is 11.3 Å². The van der Waals surface area contributed by atoms with E-state index >= 15 is 0 Å². The van der Waals surface area contributed by atoms with E-state index in [4.69, 9.17) is 5.11 Å². The highest BCUT2D eigenvalue weighted by molar-refractivity contribution is 5.69. The van der Waals surface area contributed by atoms with Crippen LogP contribution < -0.4 is 4.74 Å². The van der Waals surface area contributed by atoms with Crippen LogP contribution in [-0.4, -0.2) is 47.5 Å². The molecular formula is C15H17F6NO3. The minimum Gasteiger partial charge on any atom is -0.480 e. The molecule has 0 aliphatic heterocycles. The molecule has 0 spiro atoms. The van der Waals surface area contributed by atoms with Crippen molar-refractivity contribution in [3.63, 3.8) is 0 Å². The van der Waals surface area contributed by atoms with E-state index < -0.39 is 30.2 Å². The fourth-order valence-electron chi connectivity index (χ4n) is 2.04. The highest BCUT2D eigenvalue weighted by atomic mass is 19.4. The van der Waals surface area contributed by atoms with E-state index in [0.29, 0.717) is 18.5 Å². The molecule has 0 saturated heterocycles. The molecule has 0 heterocycles. The van der Waals surface area contributed by atoms with Crippen molar-refractivity contribution in [2.45, 2.75) is 38.3 Å². The number of carbonyl (C=O) groups is 1. The quantitative estimate of drug-likeness (QED) is 0.668. The SMILES string of the molecule is CCCN(CC(=O)O)Cc1ccc(OC(F)(F)C(F)C(F)(F)F)cc1. The molecule has 1 rings (SSSR count). The van der Waals surface area contributed by atoms with E-state index in [1.54, 1.807) is 4.90 Å². The lowest BCUT2D eigenvalue weighted by molar-refractivity contribution is -0.304. The Morgan fingerprint density at radius 1 is 1.20 bits per heavy atom. The molecule has 0 aliphatic rings. The van der Waals surface area contributed by atoms with E-state index in [0.717, 1.165) is 12.1 Å². The van der Waals surface area contributed by atoms with E-state index in [9.17, 15) is 31.1 Å². The van der Waals surface area contributed by atoms with E-state index in [2.05, 4.69) is 4.74 Å². The summed E-state index contributed by atoms with van der Waals surface area (Å²) in [6.45, 7) is 2.31. The Morgan fingerprint density at radius 2 is 1.76 bits per heavy atom. The van der Waals surface area contributed by atoms with Crippen LogP contribution in [0.25, 0.3) is 0 Å². The number of ether oxygens (including phenoxy) is 1. The molecule has 0 fully saturated rings. The summed E-state index contributed by atoms with van der Waals surface area (Å²) in [5.74, 6) is -1.67. The Morgan fingerprint density at radius 3 is 2.20 bits per heavy atom. The highest BCUT2D eigenvalue weighted by Gasteiger charge is 2.59. The van der Waals surface area contributed by atoms with Crippen molar-refractivity contribution in [2.75, 3.05) is 13.1 Å². The fraction of sp³-hybridized carbons (Fsp3) is 0.533. The normalized spacial score (nSPS) is 13.8. The maximum absolute atomic E-state index is 13.2. The summed E-state index contributed by atoms with van der Waals surface area (Å²) in [4.78, 5) is 12.3. The molecule has 1 atom stereocenters. The van der Waals surface area contributed by atoms with Gasteiger partial charge in [0.2, 0.25) is 0 Å². The van der Waals surface area contributed by atoms with Crippen LogP contribution in [0, 0.1) is 0 Å². The van der Waals surface area contributed by atoms with Gasteiger partial charge in [0, 0.05) is 6.54 Å². The summed E-state index contributed by atoms with van der Waals surface area (Å²) in [6, 6.07) is 4.52. The van der Waals surface area contributed by atoms with Crippen LogP contribution in [0.1, 0.15) is 18.9 Å². The Bertz CT molecular complexity index is 561. The molecule has 1 unspecified atom stereocenters. The molecule has 0 radical (unpaired) electrons. The molecular weight excluding hydrogens is 356 g/mol. The van der Waals surface area contributed by atoms with Gasteiger partial charge in [0.15, 0.2) is 0 Å². The summed E-state index contributed by atoms with van der Waals surface area (Å²) in [5.41, 5.74) is 0.540. The fourth-order valence-corrected chi connectivity index (χ4v) is 2.04. The summed E-state index contributed by atoms with van der Waals surface area (Å²) in [5, 5.41) is 8.81. The second-order valence-electron chi connectivity index (χ2n) is 5.32. The molecule has 25 heavy (non-hydrogen) atoms. The van der Waals surface area contributed by atoms with Gasteiger partial charge in [-0.05, 0) is 30.7 Å².